The molecule has 0 radical (unpaired) electrons. The fourth-order valence-electron chi connectivity index (χ4n) is 3.15. The number of nitrogens with one attached hydrogen (secondary N) is 1. The summed E-state index contributed by atoms with van der Waals surface area (Å²) in [6.07, 6.45) is 5.45. The van der Waals surface area contributed by atoms with Crippen molar-refractivity contribution in [3.8, 4) is 0 Å². The minimum absolute atomic E-state index is 0.00803. The first-order valence-electron chi connectivity index (χ1n) is 7.39. The molecule has 19 heavy (non-hydrogen) atoms. The molecule has 2 aliphatic rings. The number of sulfone groups is 1. The Morgan fingerprint density at radius 2 is 2.05 bits per heavy atom. The Labute approximate surface area is 117 Å². The molecular formula is C14H26N2O2S. The third-order valence-electron chi connectivity index (χ3n) is 4.29. The molecule has 2 atom stereocenters. The van der Waals surface area contributed by atoms with Gasteiger partial charge < -0.3 is 10.2 Å². The van der Waals surface area contributed by atoms with Crippen molar-refractivity contribution in [2.75, 3.05) is 25.4 Å². The van der Waals surface area contributed by atoms with E-state index in [9.17, 15) is 8.42 Å². The molecule has 0 spiro atoms. The standard InChI is InChI=1S/C14H26N2O2S/c1-3-7-16-8-4-13(5-9-16)12(2)15-14-6-10-19(17,18)11-14/h6,10,12-15H,3-5,7-9,11H2,1-2H3. The van der Waals surface area contributed by atoms with E-state index in [1.165, 1.54) is 44.3 Å². The van der Waals surface area contributed by atoms with Crippen LogP contribution in [0, 0.1) is 5.92 Å². The molecule has 0 amide bonds. The Hall–Kier alpha value is -0.390. The number of hydrogen-bond acceptors (Lipinski definition) is 4. The van der Waals surface area contributed by atoms with Crippen LogP contribution in [0.4, 0.5) is 0 Å². The molecule has 0 aromatic rings. The van der Waals surface area contributed by atoms with Gasteiger partial charge in [-0.15, -0.1) is 0 Å². The number of rotatable bonds is 5. The van der Waals surface area contributed by atoms with Crippen LogP contribution in [0.5, 0.6) is 0 Å². The van der Waals surface area contributed by atoms with Gasteiger partial charge in [0, 0.05) is 17.5 Å². The summed E-state index contributed by atoms with van der Waals surface area (Å²) in [5, 5.41) is 4.81. The lowest BCUT2D eigenvalue weighted by Gasteiger charge is -2.35. The summed E-state index contributed by atoms with van der Waals surface area (Å²) < 4.78 is 22.8. The molecule has 1 N–H and O–H groups in total. The van der Waals surface area contributed by atoms with Gasteiger partial charge in [0.15, 0.2) is 9.84 Å². The largest absolute Gasteiger partial charge is 0.307 e. The zero-order chi connectivity index (χ0) is 13.9. The van der Waals surface area contributed by atoms with E-state index >= 15 is 0 Å². The highest BCUT2D eigenvalue weighted by Crippen LogP contribution is 2.22. The molecule has 0 aromatic carbocycles. The van der Waals surface area contributed by atoms with Gasteiger partial charge in [-0.3, -0.25) is 0 Å². The van der Waals surface area contributed by atoms with E-state index in [4.69, 9.17) is 0 Å². The van der Waals surface area contributed by atoms with E-state index in [0.717, 1.165) is 0 Å². The molecule has 2 aliphatic heterocycles. The first-order chi connectivity index (χ1) is 9.00. The second-order valence-corrected chi connectivity index (χ2v) is 7.83. The molecule has 5 heteroatoms. The topological polar surface area (TPSA) is 49.4 Å². The van der Waals surface area contributed by atoms with E-state index < -0.39 is 9.84 Å². The van der Waals surface area contributed by atoms with Gasteiger partial charge in [0.25, 0.3) is 0 Å². The number of hydrogen-bond donors (Lipinski definition) is 1. The molecule has 2 rings (SSSR count). The van der Waals surface area contributed by atoms with Gasteiger partial charge in [0.05, 0.1) is 5.75 Å². The van der Waals surface area contributed by atoms with Gasteiger partial charge in [0.2, 0.25) is 0 Å². The lowest BCUT2D eigenvalue weighted by Crippen LogP contribution is -2.45. The van der Waals surface area contributed by atoms with E-state index in [0.29, 0.717) is 12.0 Å². The average Bonchev–Trinajstić information content (AvgIpc) is 2.70. The highest BCUT2D eigenvalue weighted by Gasteiger charge is 2.27. The lowest BCUT2D eigenvalue weighted by molar-refractivity contribution is 0.161. The third kappa shape index (κ3) is 4.29. The first-order valence-corrected chi connectivity index (χ1v) is 9.11. The van der Waals surface area contributed by atoms with Crippen LogP contribution in [0.1, 0.15) is 33.1 Å². The summed E-state index contributed by atoms with van der Waals surface area (Å²) in [5.74, 6) is 0.899. The van der Waals surface area contributed by atoms with E-state index in [1.807, 2.05) is 0 Å². The van der Waals surface area contributed by atoms with E-state index in [1.54, 1.807) is 6.08 Å². The summed E-state index contributed by atoms with van der Waals surface area (Å²) in [4.78, 5) is 2.53. The summed E-state index contributed by atoms with van der Waals surface area (Å²) in [5.41, 5.74) is 0. The van der Waals surface area contributed by atoms with E-state index in [-0.39, 0.29) is 11.8 Å². The lowest BCUT2D eigenvalue weighted by atomic mass is 9.90. The zero-order valence-corrected chi connectivity index (χ0v) is 12.8. The molecule has 110 valence electrons. The summed E-state index contributed by atoms with van der Waals surface area (Å²) in [6, 6.07) is 0.403. The second kappa shape index (κ2) is 6.37. The predicted octanol–water partition coefficient (Wildman–Crippen LogP) is 1.40. The van der Waals surface area contributed by atoms with Crippen molar-refractivity contribution in [1.29, 1.82) is 0 Å². The molecule has 1 saturated heterocycles. The highest BCUT2D eigenvalue weighted by atomic mass is 32.2. The molecule has 4 nitrogen and oxygen atoms in total. The fraction of sp³-hybridized carbons (Fsp3) is 0.857. The summed E-state index contributed by atoms with van der Waals surface area (Å²) in [6.45, 7) is 7.99. The molecule has 0 saturated carbocycles. The Bertz CT molecular complexity index is 411. The molecule has 0 bridgehead atoms. The normalized spacial score (nSPS) is 29.7. The van der Waals surface area contributed by atoms with Gasteiger partial charge in [0.1, 0.15) is 0 Å². The second-order valence-electron chi connectivity index (χ2n) is 5.90. The van der Waals surface area contributed by atoms with Crippen LogP contribution in [0.2, 0.25) is 0 Å². The van der Waals surface area contributed by atoms with Gasteiger partial charge in [-0.25, -0.2) is 8.42 Å². The summed E-state index contributed by atoms with van der Waals surface area (Å²) >= 11 is 0. The van der Waals surface area contributed by atoms with Gasteiger partial charge in [-0.05, 0) is 51.7 Å². The van der Waals surface area contributed by atoms with Crippen LogP contribution in [0.15, 0.2) is 11.5 Å². The number of piperidine rings is 1. The Kier molecular flexibility index (Phi) is 5.03. The Balaban J connectivity index is 1.76. The van der Waals surface area contributed by atoms with Crippen molar-refractivity contribution in [3.63, 3.8) is 0 Å². The molecule has 0 aliphatic carbocycles. The monoisotopic (exact) mass is 286 g/mol. The van der Waals surface area contributed by atoms with Crippen molar-refractivity contribution >= 4 is 9.84 Å². The van der Waals surface area contributed by atoms with Gasteiger partial charge in [-0.1, -0.05) is 13.0 Å². The zero-order valence-electron chi connectivity index (χ0n) is 12.0. The maximum atomic E-state index is 11.4. The maximum Gasteiger partial charge on any atom is 0.173 e. The number of nitrogens with zero attached hydrogens (tertiary/aromatic N) is 1. The van der Waals surface area contributed by atoms with Crippen molar-refractivity contribution in [2.24, 2.45) is 5.92 Å². The van der Waals surface area contributed by atoms with Crippen molar-refractivity contribution < 1.29 is 8.42 Å². The smallest absolute Gasteiger partial charge is 0.173 e. The molecule has 0 aromatic heterocycles. The SMILES string of the molecule is CCCN1CCC(C(C)NC2C=CS(=O)(=O)C2)CC1. The Morgan fingerprint density at radius 3 is 2.58 bits per heavy atom. The highest BCUT2D eigenvalue weighted by molar-refractivity contribution is 7.94. The van der Waals surface area contributed by atoms with Crippen LogP contribution in [0.3, 0.4) is 0 Å². The van der Waals surface area contributed by atoms with Crippen molar-refractivity contribution in [1.82, 2.24) is 10.2 Å². The quantitative estimate of drug-likeness (QED) is 0.830. The Morgan fingerprint density at radius 1 is 1.37 bits per heavy atom. The summed E-state index contributed by atoms with van der Waals surface area (Å²) in [7, 11) is -2.94. The fourth-order valence-corrected chi connectivity index (χ4v) is 4.39. The average molecular weight is 286 g/mol. The van der Waals surface area contributed by atoms with Crippen LogP contribution in [0.25, 0.3) is 0 Å². The third-order valence-corrected chi connectivity index (χ3v) is 5.68. The molecule has 2 heterocycles. The van der Waals surface area contributed by atoms with E-state index in [2.05, 4.69) is 24.1 Å². The predicted molar refractivity (Wildman–Crippen MR) is 78.8 cm³/mol. The van der Waals surface area contributed by atoms with Crippen LogP contribution in [-0.4, -0.2) is 50.8 Å². The molecule has 1 fully saturated rings. The van der Waals surface area contributed by atoms with Crippen LogP contribution < -0.4 is 5.32 Å². The minimum Gasteiger partial charge on any atom is -0.307 e. The van der Waals surface area contributed by atoms with Crippen LogP contribution >= 0.6 is 0 Å². The van der Waals surface area contributed by atoms with Gasteiger partial charge >= 0.3 is 0 Å². The van der Waals surface area contributed by atoms with Crippen molar-refractivity contribution in [3.05, 3.63) is 11.5 Å². The number of likely N-dealkylation sites (tertiary alicyclic amines) is 1. The van der Waals surface area contributed by atoms with Crippen molar-refractivity contribution in [2.45, 2.75) is 45.2 Å². The van der Waals surface area contributed by atoms with Gasteiger partial charge in [-0.2, -0.15) is 0 Å². The minimum atomic E-state index is -2.94. The maximum absolute atomic E-state index is 11.4. The van der Waals surface area contributed by atoms with Crippen LogP contribution in [-0.2, 0) is 9.84 Å². The molecular weight excluding hydrogens is 260 g/mol. The first kappa shape index (κ1) is 15.0. The molecule has 2 unspecified atom stereocenters.